The first-order chi connectivity index (χ1) is 7.91. The third-order valence-electron chi connectivity index (χ3n) is 1.77. The Morgan fingerprint density at radius 2 is 1.83 bits per heavy atom. The molecule has 0 aliphatic rings. The number of carboxylic acid groups (broad SMARTS) is 1. The summed E-state index contributed by atoms with van der Waals surface area (Å²) in [5.41, 5.74) is -0.746. The molecule has 1 amide bonds. The molecule has 0 aromatic rings. The van der Waals surface area contributed by atoms with Crippen molar-refractivity contribution >= 4 is 21.9 Å². The lowest BCUT2D eigenvalue weighted by Crippen LogP contribution is -2.44. The number of ether oxygens (including phenoxy) is 1. The van der Waals surface area contributed by atoms with Crippen molar-refractivity contribution in [2.75, 3.05) is 12.0 Å². The molecule has 0 bridgehead atoms. The molecular formula is C10H19NO6S. The zero-order valence-electron chi connectivity index (χ0n) is 10.9. The van der Waals surface area contributed by atoms with Crippen LogP contribution in [0.3, 0.4) is 0 Å². The predicted octanol–water partition coefficient (Wildman–Crippen LogP) is 0.399. The fraction of sp³-hybridized carbons (Fsp3) is 0.800. The molecule has 0 saturated carbocycles. The number of amides is 1. The highest BCUT2D eigenvalue weighted by Crippen LogP contribution is 2.07. The van der Waals surface area contributed by atoms with Gasteiger partial charge in [-0.15, -0.1) is 0 Å². The van der Waals surface area contributed by atoms with Crippen LogP contribution in [0.15, 0.2) is 0 Å². The summed E-state index contributed by atoms with van der Waals surface area (Å²) in [5, 5.41) is 11.0. The normalized spacial score (nSPS) is 13.8. The van der Waals surface area contributed by atoms with Crippen LogP contribution < -0.4 is 5.32 Å². The minimum absolute atomic E-state index is 0.201. The summed E-state index contributed by atoms with van der Waals surface area (Å²) in [6.07, 6.45) is -0.0873. The molecular weight excluding hydrogens is 262 g/mol. The van der Waals surface area contributed by atoms with Gasteiger partial charge < -0.3 is 15.2 Å². The van der Waals surface area contributed by atoms with Crippen LogP contribution in [-0.2, 0) is 19.4 Å². The second-order valence-corrected chi connectivity index (χ2v) is 7.22. The topological polar surface area (TPSA) is 110 Å². The molecule has 8 heteroatoms. The van der Waals surface area contributed by atoms with Gasteiger partial charge >= 0.3 is 12.1 Å². The monoisotopic (exact) mass is 281 g/mol. The van der Waals surface area contributed by atoms with Crippen LogP contribution in [0.1, 0.15) is 27.2 Å². The maximum absolute atomic E-state index is 11.4. The average Bonchev–Trinajstić information content (AvgIpc) is 2.06. The Hall–Kier alpha value is -1.31. The summed E-state index contributed by atoms with van der Waals surface area (Å²) < 4.78 is 26.8. The van der Waals surface area contributed by atoms with Crippen LogP contribution in [0.2, 0.25) is 0 Å². The minimum Gasteiger partial charge on any atom is -0.480 e. The lowest BCUT2D eigenvalue weighted by atomic mass is 10.2. The lowest BCUT2D eigenvalue weighted by molar-refractivity contribution is -0.139. The zero-order valence-corrected chi connectivity index (χ0v) is 11.7. The van der Waals surface area contributed by atoms with Crippen molar-refractivity contribution in [3.63, 3.8) is 0 Å². The van der Waals surface area contributed by atoms with Gasteiger partial charge in [0, 0.05) is 6.26 Å². The number of carbonyl (C=O) groups excluding carboxylic acids is 1. The summed E-state index contributed by atoms with van der Waals surface area (Å²) in [6, 6.07) is -1.28. The quantitative estimate of drug-likeness (QED) is 0.754. The van der Waals surface area contributed by atoms with Crippen LogP contribution in [0.4, 0.5) is 4.79 Å². The largest absolute Gasteiger partial charge is 0.480 e. The number of nitrogens with one attached hydrogen (secondary N) is 1. The van der Waals surface area contributed by atoms with Gasteiger partial charge in [0.05, 0.1) is 5.75 Å². The van der Waals surface area contributed by atoms with E-state index < -0.39 is 33.5 Å². The van der Waals surface area contributed by atoms with E-state index in [9.17, 15) is 18.0 Å². The first-order valence-electron chi connectivity index (χ1n) is 5.31. The second-order valence-electron chi connectivity index (χ2n) is 4.96. The molecule has 0 aromatic heterocycles. The Balaban J connectivity index is 4.46. The van der Waals surface area contributed by atoms with Crippen molar-refractivity contribution in [1.82, 2.24) is 5.32 Å². The van der Waals surface area contributed by atoms with Gasteiger partial charge in [0.15, 0.2) is 0 Å². The molecule has 0 saturated heterocycles. The van der Waals surface area contributed by atoms with E-state index in [4.69, 9.17) is 9.84 Å². The van der Waals surface area contributed by atoms with Crippen molar-refractivity contribution in [3.8, 4) is 0 Å². The molecule has 0 fully saturated rings. The molecule has 0 rings (SSSR count). The van der Waals surface area contributed by atoms with E-state index in [1.807, 2.05) is 0 Å². The van der Waals surface area contributed by atoms with Crippen LogP contribution in [0.25, 0.3) is 0 Å². The molecule has 0 aromatic carbocycles. The zero-order chi connectivity index (χ0) is 14.6. The third-order valence-corrected chi connectivity index (χ3v) is 2.74. The standard InChI is InChI=1S/C10H19NO6S/c1-10(2,3)17-9(14)11-7(8(12)13)5-6-18(4,15)16/h7H,5-6H2,1-4H3,(H,11,14)(H,12,13)/t7-/m1/s1. The van der Waals surface area contributed by atoms with E-state index in [2.05, 4.69) is 5.32 Å². The van der Waals surface area contributed by atoms with E-state index >= 15 is 0 Å². The van der Waals surface area contributed by atoms with Crippen LogP contribution >= 0.6 is 0 Å². The van der Waals surface area contributed by atoms with E-state index in [0.29, 0.717) is 0 Å². The molecule has 0 spiro atoms. The van der Waals surface area contributed by atoms with E-state index in [1.54, 1.807) is 20.8 Å². The molecule has 1 atom stereocenters. The number of carbonyl (C=O) groups is 2. The fourth-order valence-electron chi connectivity index (χ4n) is 1.04. The molecule has 0 aliphatic heterocycles. The maximum atomic E-state index is 11.4. The average molecular weight is 281 g/mol. The molecule has 2 N–H and O–H groups in total. The molecule has 7 nitrogen and oxygen atoms in total. The van der Waals surface area contributed by atoms with Crippen molar-refractivity contribution in [2.24, 2.45) is 0 Å². The Morgan fingerprint density at radius 1 is 1.33 bits per heavy atom. The third kappa shape index (κ3) is 8.80. The van der Waals surface area contributed by atoms with Gasteiger partial charge in [0.1, 0.15) is 21.5 Å². The lowest BCUT2D eigenvalue weighted by Gasteiger charge is -2.21. The van der Waals surface area contributed by atoms with E-state index in [-0.39, 0.29) is 12.2 Å². The summed E-state index contributed by atoms with van der Waals surface area (Å²) in [5.74, 6) is -1.62. The highest BCUT2D eigenvalue weighted by molar-refractivity contribution is 7.90. The smallest absolute Gasteiger partial charge is 0.408 e. The number of aliphatic carboxylic acids is 1. The summed E-state index contributed by atoms with van der Waals surface area (Å²) in [4.78, 5) is 22.2. The summed E-state index contributed by atoms with van der Waals surface area (Å²) >= 11 is 0. The minimum atomic E-state index is -3.28. The van der Waals surface area contributed by atoms with E-state index in [0.717, 1.165) is 6.26 Å². The van der Waals surface area contributed by atoms with Gasteiger partial charge in [-0.25, -0.2) is 18.0 Å². The Labute approximate surface area is 106 Å². The maximum Gasteiger partial charge on any atom is 0.408 e. The molecule has 0 aliphatic carbocycles. The molecule has 0 heterocycles. The van der Waals surface area contributed by atoms with Gasteiger partial charge in [0.25, 0.3) is 0 Å². The summed E-state index contributed by atoms with van der Waals surface area (Å²) in [6.45, 7) is 4.91. The number of hydrogen-bond donors (Lipinski definition) is 2. The Kier molecular flexibility index (Phi) is 5.59. The number of alkyl carbamates (subject to hydrolysis) is 1. The van der Waals surface area contributed by atoms with E-state index in [1.165, 1.54) is 0 Å². The highest BCUT2D eigenvalue weighted by atomic mass is 32.2. The van der Waals surface area contributed by atoms with Crippen LogP contribution in [0.5, 0.6) is 0 Å². The molecule has 0 radical (unpaired) electrons. The van der Waals surface area contributed by atoms with Gasteiger partial charge in [-0.05, 0) is 27.2 Å². The number of sulfone groups is 1. The van der Waals surface area contributed by atoms with Crippen molar-refractivity contribution in [1.29, 1.82) is 0 Å². The second kappa shape index (κ2) is 6.03. The molecule has 106 valence electrons. The Bertz CT molecular complexity index is 409. The van der Waals surface area contributed by atoms with Gasteiger partial charge in [-0.2, -0.15) is 0 Å². The predicted molar refractivity (Wildman–Crippen MR) is 65.1 cm³/mol. The van der Waals surface area contributed by atoms with Crippen molar-refractivity contribution in [3.05, 3.63) is 0 Å². The van der Waals surface area contributed by atoms with Gasteiger partial charge in [0.2, 0.25) is 0 Å². The SMILES string of the molecule is CC(C)(C)OC(=O)N[C@H](CCS(C)(=O)=O)C(=O)O. The molecule has 0 unspecified atom stereocenters. The Morgan fingerprint density at radius 3 is 2.17 bits per heavy atom. The first kappa shape index (κ1) is 16.7. The highest BCUT2D eigenvalue weighted by Gasteiger charge is 2.24. The van der Waals surface area contributed by atoms with Crippen LogP contribution in [-0.4, -0.2) is 49.2 Å². The molecule has 18 heavy (non-hydrogen) atoms. The first-order valence-corrected chi connectivity index (χ1v) is 7.37. The van der Waals surface area contributed by atoms with Crippen molar-refractivity contribution in [2.45, 2.75) is 38.8 Å². The number of hydrogen-bond acceptors (Lipinski definition) is 5. The van der Waals surface area contributed by atoms with Gasteiger partial charge in [-0.3, -0.25) is 0 Å². The van der Waals surface area contributed by atoms with Gasteiger partial charge in [-0.1, -0.05) is 0 Å². The van der Waals surface area contributed by atoms with Crippen LogP contribution in [0, 0.1) is 0 Å². The number of carboxylic acids is 1. The fourth-order valence-corrected chi connectivity index (χ4v) is 1.70. The van der Waals surface area contributed by atoms with Crippen molar-refractivity contribution < 1.29 is 27.9 Å². The number of rotatable bonds is 5. The summed E-state index contributed by atoms with van der Waals surface area (Å²) in [7, 11) is -3.28.